The van der Waals surface area contributed by atoms with E-state index in [-0.39, 0.29) is 29.4 Å². The summed E-state index contributed by atoms with van der Waals surface area (Å²) in [7, 11) is 0. The lowest BCUT2D eigenvalue weighted by Gasteiger charge is -2.08. The zero-order valence-corrected chi connectivity index (χ0v) is 14.2. The summed E-state index contributed by atoms with van der Waals surface area (Å²) in [5.74, 6) is -0.143. The maximum absolute atomic E-state index is 12.7. The number of halogens is 4. The van der Waals surface area contributed by atoms with Crippen molar-refractivity contribution in [3.63, 3.8) is 0 Å². The van der Waals surface area contributed by atoms with Crippen LogP contribution in [0.2, 0.25) is 5.02 Å². The molecule has 0 unspecified atom stereocenters. The number of alkyl halides is 3. The SMILES string of the molecule is O=[N+]([O-])c1cc(-c2ncc(C(F)(F)F)[nH]2)ccc1OCc1ccc(Cl)cc1. The Balaban J connectivity index is 1.85. The minimum absolute atomic E-state index is 0.0127. The molecule has 0 fully saturated rings. The number of hydrogen-bond acceptors (Lipinski definition) is 4. The van der Waals surface area contributed by atoms with Gasteiger partial charge in [-0.15, -0.1) is 0 Å². The number of ether oxygens (including phenoxy) is 1. The van der Waals surface area contributed by atoms with E-state index in [1.807, 2.05) is 0 Å². The lowest BCUT2D eigenvalue weighted by molar-refractivity contribution is -0.385. The Kier molecular flexibility index (Phi) is 5.04. The molecule has 140 valence electrons. The second kappa shape index (κ2) is 7.28. The van der Waals surface area contributed by atoms with Crippen molar-refractivity contribution in [2.45, 2.75) is 12.8 Å². The van der Waals surface area contributed by atoms with Crippen molar-refractivity contribution in [1.82, 2.24) is 9.97 Å². The Bertz CT molecular complexity index is 972. The van der Waals surface area contributed by atoms with Crippen LogP contribution in [-0.4, -0.2) is 14.9 Å². The van der Waals surface area contributed by atoms with Gasteiger partial charge in [0.1, 0.15) is 18.1 Å². The zero-order chi connectivity index (χ0) is 19.6. The van der Waals surface area contributed by atoms with Crippen LogP contribution in [0.4, 0.5) is 18.9 Å². The zero-order valence-electron chi connectivity index (χ0n) is 13.5. The summed E-state index contributed by atoms with van der Waals surface area (Å²) in [5.41, 5.74) is -0.538. The minimum atomic E-state index is -4.58. The normalized spacial score (nSPS) is 11.4. The van der Waals surface area contributed by atoms with Crippen LogP contribution >= 0.6 is 11.6 Å². The molecule has 0 bridgehead atoms. The maximum atomic E-state index is 12.7. The quantitative estimate of drug-likeness (QED) is 0.471. The Hall–Kier alpha value is -3.07. The van der Waals surface area contributed by atoms with Gasteiger partial charge in [-0.05, 0) is 29.8 Å². The molecule has 0 aliphatic heterocycles. The number of benzene rings is 2. The number of H-pyrrole nitrogens is 1. The molecule has 0 saturated heterocycles. The summed E-state index contributed by atoms with van der Waals surface area (Å²) >= 11 is 5.79. The van der Waals surface area contributed by atoms with Gasteiger partial charge < -0.3 is 9.72 Å². The molecule has 27 heavy (non-hydrogen) atoms. The molecule has 0 aliphatic carbocycles. The fraction of sp³-hybridized carbons (Fsp3) is 0.118. The third-order valence-electron chi connectivity index (χ3n) is 3.62. The molecule has 10 heteroatoms. The number of hydrogen-bond donors (Lipinski definition) is 1. The van der Waals surface area contributed by atoms with Crippen LogP contribution in [0.5, 0.6) is 5.75 Å². The van der Waals surface area contributed by atoms with Gasteiger partial charge in [-0.3, -0.25) is 10.1 Å². The van der Waals surface area contributed by atoms with Gasteiger partial charge in [0.2, 0.25) is 0 Å². The van der Waals surface area contributed by atoms with E-state index < -0.39 is 16.8 Å². The largest absolute Gasteiger partial charge is 0.482 e. The number of nitro groups is 1. The summed E-state index contributed by atoms with van der Waals surface area (Å²) in [6.07, 6.45) is -3.95. The van der Waals surface area contributed by atoms with E-state index in [1.165, 1.54) is 12.1 Å². The van der Waals surface area contributed by atoms with Gasteiger partial charge in [-0.2, -0.15) is 13.2 Å². The van der Waals surface area contributed by atoms with Crippen molar-refractivity contribution in [3.05, 3.63) is 75.1 Å². The van der Waals surface area contributed by atoms with E-state index in [0.717, 1.165) is 11.6 Å². The van der Waals surface area contributed by atoms with E-state index in [0.29, 0.717) is 11.2 Å². The van der Waals surface area contributed by atoms with Crippen LogP contribution in [0.1, 0.15) is 11.3 Å². The van der Waals surface area contributed by atoms with E-state index in [4.69, 9.17) is 16.3 Å². The van der Waals surface area contributed by atoms with Gasteiger partial charge in [0.05, 0.1) is 11.1 Å². The molecule has 1 heterocycles. The smallest absolute Gasteiger partial charge is 0.432 e. The van der Waals surface area contributed by atoms with Crippen LogP contribution in [0.25, 0.3) is 11.4 Å². The highest BCUT2D eigenvalue weighted by Crippen LogP contribution is 2.34. The summed E-state index contributed by atoms with van der Waals surface area (Å²) in [4.78, 5) is 16.4. The number of nitrogens with one attached hydrogen (secondary N) is 1. The van der Waals surface area contributed by atoms with E-state index in [1.54, 1.807) is 24.3 Å². The highest BCUT2D eigenvalue weighted by Gasteiger charge is 2.33. The van der Waals surface area contributed by atoms with Gasteiger partial charge in [0.25, 0.3) is 0 Å². The first-order chi connectivity index (χ1) is 12.7. The Morgan fingerprint density at radius 3 is 2.48 bits per heavy atom. The molecule has 0 aliphatic rings. The second-order valence-electron chi connectivity index (χ2n) is 5.50. The monoisotopic (exact) mass is 397 g/mol. The van der Waals surface area contributed by atoms with Crippen LogP contribution in [0, 0.1) is 10.1 Å². The molecule has 2 aromatic carbocycles. The van der Waals surface area contributed by atoms with Crippen molar-refractivity contribution >= 4 is 17.3 Å². The first-order valence-corrected chi connectivity index (χ1v) is 7.90. The summed E-state index contributed by atoms with van der Waals surface area (Å²) in [5, 5.41) is 11.9. The molecule has 3 rings (SSSR count). The molecule has 0 amide bonds. The van der Waals surface area contributed by atoms with Crippen molar-refractivity contribution in [2.75, 3.05) is 0 Å². The topological polar surface area (TPSA) is 81.0 Å². The predicted octanol–water partition coefficient (Wildman–Crippen LogP) is 5.24. The molecular formula is C17H11ClF3N3O3. The van der Waals surface area contributed by atoms with Gasteiger partial charge in [0.15, 0.2) is 5.75 Å². The Morgan fingerprint density at radius 2 is 1.89 bits per heavy atom. The van der Waals surface area contributed by atoms with Crippen LogP contribution < -0.4 is 4.74 Å². The number of rotatable bonds is 5. The van der Waals surface area contributed by atoms with Gasteiger partial charge in [-0.25, -0.2) is 4.98 Å². The Labute approximate surface area is 155 Å². The third kappa shape index (κ3) is 4.37. The number of nitro benzene ring substituents is 1. The molecule has 0 spiro atoms. The average molecular weight is 398 g/mol. The van der Waals surface area contributed by atoms with Crippen molar-refractivity contribution in [1.29, 1.82) is 0 Å². The second-order valence-corrected chi connectivity index (χ2v) is 5.93. The predicted molar refractivity (Wildman–Crippen MR) is 91.5 cm³/mol. The van der Waals surface area contributed by atoms with Gasteiger partial charge in [0, 0.05) is 16.7 Å². The first kappa shape index (κ1) is 18.7. The number of imidazole rings is 1. The van der Waals surface area contributed by atoms with Crippen molar-refractivity contribution in [3.8, 4) is 17.1 Å². The van der Waals surface area contributed by atoms with Gasteiger partial charge >= 0.3 is 11.9 Å². The summed E-state index contributed by atoms with van der Waals surface area (Å²) < 4.78 is 43.5. The fourth-order valence-corrected chi connectivity index (χ4v) is 2.41. The average Bonchev–Trinajstić information content (AvgIpc) is 3.11. The minimum Gasteiger partial charge on any atom is -0.482 e. The first-order valence-electron chi connectivity index (χ1n) is 7.52. The number of aromatic nitrogens is 2. The van der Waals surface area contributed by atoms with Gasteiger partial charge in [-0.1, -0.05) is 23.7 Å². The molecule has 3 aromatic rings. The van der Waals surface area contributed by atoms with E-state index >= 15 is 0 Å². The standard InChI is InChI=1S/C17H11ClF3N3O3/c18-12-4-1-10(2-5-12)9-27-14-6-3-11(7-13(14)24(25)26)16-22-8-15(23-16)17(19,20)21/h1-8H,9H2,(H,22,23). The number of nitrogens with zero attached hydrogens (tertiary/aromatic N) is 2. The van der Waals surface area contributed by atoms with Crippen LogP contribution in [0.15, 0.2) is 48.7 Å². The van der Waals surface area contributed by atoms with Crippen LogP contribution in [0.3, 0.4) is 0 Å². The Morgan fingerprint density at radius 1 is 1.19 bits per heavy atom. The molecule has 6 nitrogen and oxygen atoms in total. The summed E-state index contributed by atoms with van der Waals surface area (Å²) in [6.45, 7) is 0.0658. The van der Waals surface area contributed by atoms with Crippen LogP contribution in [-0.2, 0) is 12.8 Å². The molecule has 0 saturated carbocycles. The molecule has 1 N–H and O–H groups in total. The van der Waals surface area contributed by atoms with E-state index in [2.05, 4.69) is 9.97 Å². The molecular weight excluding hydrogens is 387 g/mol. The lowest BCUT2D eigenvalue weighted by atomic mass is 10.1. The third-order valence-corrected chi connectivity index (χ3v) is 3.87. The molecule has 1 aromatic heterocycles. The van der Waals surface area contributed by atoms with Crippen molar-refractivity contribution < 1.29 is 22.8 Å². The van der Waals surface area contributed by atoms with E-state index in [9.17, 15) is 23.3 Å². The highest BCUT2D eigenvalue weighted by atomic mass is 35.5. The number of aromatic amines is 1. The maximum Gasteiger partial charge on any atom is 0.432 e. The van der Waals surface area contributed by atoms with Crippen molar-refractivity contribution in [2.24, 2.45) is 0 Å². The molecule has 0 atom stereocenters. The highest BCUT2D eigenvalue weighted by molar-refractivity contribution is 6.30. The molecule has 0 radical (unpaired) electrons. The lowest BCUT2D eigenvalue weighted by Crippen LogP contribution is -2.04. The summed E-state index contributed by atoms with van der Waals surface area (Å²) in [6, 6.07) is 10.6. The fourth-order valence-electron chi connectivity index (χ4n) is 2.28.